The van der Waals surface area contributed by atoms with Crippen molar-refractivity contribution in [1.29, 1.82) is 0 Å². The van der Waals surface area contributed by atoms with Gasteiger partial charge >= 0.3 is 0 Å². The van der Waals surface area contributed by atoms with Crippen LogP contribution in [0.5, 0.6) is 23.0 Å². The van der Waals surface area contributed by atoms with Crippen LogP contribution in [0.4, 0.5) is 0 Å². The number of thioether (sulfide) groups is 1. The van der Waals surface area contributed by atoms with Gasteiger partial charge < -0.3 is 23.7 Å². The molecule has 0 saturated carbocycles. The van der Waals surface area contributed by atoms with E-state index in [9.17, 15) is 4.79 Å². The van der Waals surface area contributed by atoms with Crippen molar-refractivity contribution in [3.8, 4) is 34.3 Å². The molecule has 0 fully saturated rings. The minimum atomic E-state index is -0.574. The topological polar surface area (TPSA) is 68.2 Å². The SMILES string of the molecule is COc1ccc2cc(-c3ccc4c(c3)OCO4)n(C(CSc3ccccc3Br)OC)c(=O)c2c1OC. The van der Waals surface area contributed by atoms with E-state index in [1.54, 1.807) is 36.6 Å². The lowest BCUT2D eigenvalue weighted by atomic mass is 10.0. The van der Waals surface area contributed by atoms with E-state index in [0.29, 0.717) is 39.8 Å². The molecule has 0 aliphatic carbocycles. The van der Waals surface area contributed by atoms with Gasteiger partial charge in [-0.2, -0.15) is 0 Å². The largest absolute Gasteiger partial charge is 0.493 e. The summed E-state index contributed by atoms with van der Waals surface area (Å²) in [5.74, 6) is 2.68. The number of pyridine rings is 1. The average Bonchev–Trinajstić information content (AvgIpc) is 3.38. The molecule has 3 aromatic carbocycles. The molecule has 0 bridgehead atoms. The van der Waals surface area contributed by atoms with Crippen molar-refractivity contribution in [2.75, 3.05) is 33.9 Å². The molecule has 0 saturated heterocycles. The van der Waals surface area contributed by atoms with Crippen molar-refractivity contribution < 1.29 is 23.7 Å². The molecule has 36 heavy (non-hydrogen) atoms. The van der Waals surface area contributed by atoms with Crippen LogP contribution in [0.3, 0.4) is 0 Å². The van der Waals surface area contributed by atoms with Crippen molar-refractivity contribution in [3.63, 3.8) is 0 Å². The lowest BCUT2D eigenvalue weighted by Gasteiger charge is -2.24. The maximum atomic E-state index is 14.2. The number of benzene rings is 3. The fourth-order valence-electron chi connectivity index (χ4n) is 4.26. The van der Waals surface area contributed by atoms with E-state index in [0.717, 1.165) is 20.3 Å². The highest BCUT2D eigenvalue weighted by molar-refractivity contribution is 9.10. The summed E-state index contributed by atoms with van der Waals surface area (Å²) in [6.45, 7) is 0.170. The second-order valence-corrected chi connectivity index (χ2v) is 9.89. The van der Waals surface area contributed by atoms with Gasteiger partial charge in [0.15, 0.2) is 23.0 Å². The number of fused-ring (bicyclic) bond motifs is 2. The molecule has 1 aliphatic rings. The quantitative estimate of drug-likeness (QED) is 0.237. The van der Waals surface area contributed by atoms with Crippen molar-refractivity contribution >= 4 is 38.5 Å². The van der Waals surface area contributed by atoms with Crippen molar-refractivity contribution in [2.45, 2.75) is 11.1 Å². The third-order valence-electron chi connectivity index (χ3n) is 6.01. The maximum Gasteiger partial charge on any atom is 0.264 e. The van der Waals surface area contributed by atoms with Crippen molar-refractivity contribution in [1.82, 2.24) is 4.57 Å². The Balaban J connectivity index is 1.70. The number of aromatic nitrogens is 1. The minimum Gasteiger partial charge on any atom is -0.493 e. The Bertz CT molecular complexity index is 1490. The van der Waals surface area contributed by atoms with E-state index in [4.69, 9.17) is 23.7 Å². The molecule has 186 valence electrons. The summed E-state index contributed by atoms with van der Waals surface area (Å²) >= 11 is 5.20. The molecular formula is C27H24BrNO6S. The number of nitrogens with zero attached hydrogens (tertiary/aromatic N) is 1. The average molecular weight is 570 g/mol. The Labute approximate surface area is 221 Å². The molecule has 0 amide bonds. The lowest BCUT2D eigenvalue weighted by Crippen LogP contribution is -2.29. The molecule has 0 spiro atoms. The van der Waals surface area contributed by atoms with Gasteiger partial charge in [-0.1, -0.05) is 18.2 Å². The first-order chi connectivity index (χ1) is 17.5. The normalized spacial score (nSPS) is 13.1. The number of halogens is 1. The van der Waals surface area contributed by atoms with Crippen LogP contribution in [0.25, 0.3) is 22.0 Å². The highest BCUT2D eigenvalue weighted by atomic mass is 79.9. The second kappa shape index (κ2) is 10.5. The van der Waals surface area contributed by atoms with Crippen LogP contribution in [-0.4, -0.2) is 38.4 Å². The van der Waals surface area contributed by atoms with E-state index >= 15 is 0 Å². The molecule has 2 heterocycles. The summed E-state index contributed by atoms with van der Waals surface area (Å²) in [4.78, 5) is 15.2. The fourth-order valence-corrected chi connectivity index (χ4v) is 5.88. The third-order valence-corrected chi connectivity index (χ3v) is 8.08. The zero-order valence-electron chi connectivity index (χ0n) is 19.9. The molecule has 1 unspecified atom stereocenters. The Morgan fingerprint density at radius 1 is 1.00 bits per heavy atom. The summed E-state index contributed by atoms with van der Waals surface area (Å²) in [5, 5.41) is 1.16. The zero-order chi connectivity index (χ0) is 25.2. The minimum absolute atomic E-state index is 0.170. The molecule has 0 radical (unpaired) electrons. The molecule has 5 rings (SSSR count). The van der Waals surface area contributed by atoms with Crippen LogP contribution in [0, 0.1) is 0 Å². The number of hydrogen-bond donors (Lipinski definition) is 0. The van der Waals surface area contributed by atoms with E-state index in [2.05, 4.69) is 15.9 Å². The van der Waals surface area contributed by atoms with Gasteiger partial charge in [0.25, 0.3) is 5.56 Å². The lowest BCUT2D eigenvalue weighted by molar-refractivity contribution is 0.0634. The first-order valence-corrected chi connectivity index (χ1v) is 12.9. The number of ether oxygens (including phenoxy) is 5. The first-order valence-electron chi connectivity index (χ1n) is 11.2. The number of rotatable bonds is 8. The van der Waals surface area contributed by atoms with Gasteiger partial charge in [-0.15, -0.1) is 11.8 Å². The summed E-state index contributed by atoms with van der Waals surface area (Å²) in [7, 11) is 4.69. The Morgan fingerprint density at radius 3 is 2.56 bits per heavy atom. The van der Waals surface area contributed by atoms with Crippen LogP contribution in [-0.2, 0) is 4.74 Å². The summed E-state index contributed by atoms with van der Waals surface area (Å²) < 4.78 is 30.7. The molecule has 9 heteroatoms. The maximum absolute atomic E-state index is 14.2. The van der Waals surface area contributed by atoms with E-state index in [1.807, 2.05) is 54.6 Å². The highest BCUT2D eigenvalue weighted by Crippen LogP contribution is 2.40. The molecular weight excluding hydrogens is 546 g/mol. The Kier molecular flexibility index (Phi) is 7.13. The van der Waals surface area contributed by atoms with E-state index < -0.39 is 6.23 Å². The summed E-state index contributed by atoms with van der Waals surface area (Å²) in [5.41, 5.74) is 1.26. The third kappa shape index (κ3) is 4.42. The smallest absolute Gasteiger partial charge is 0.264 e. The summed E-state index contributed by atoms with van der Waals surface area (Å²) in [6.07, 6.45) is -0.574. The van der Waals surface area contributed by atoms with Gasteiger partial charge in [0.1, 0.15) is 6.23 Å². The van der Waals surface area contributed by atoms with Crippen LogP contribution >= 0.6 is 27.7 Å². The van der Waals surface area contributed by atoms with Gasteiger partial charge in [-0.3, -0.25) is 9.36 Å². The van der Waals surface area contributed by atoms with Gasteiger partial charge in [0, 0.05) is 27.8 Å². The monoisotopic (exact) mass is 569 g/mol. The van der Waals surface area contributed by atoms with Gasteiger partial charge in [-0.05, 0) is 63.8 Å². The van der Waals surface area contributed by atoms with Crippen LogP contribution < -0.4 is 24.5 Å². The number of hydrogen-bond acceptors (Lipinski definition) is 7. The first kappa shape index (κ1) is 24.5. The second-order valence-electron chi connectivity index (χ2n) is 7.97. The molecule has 1 aromatic heterocycles. The Hall–Kier alpha value is -3.14. The van der Waals surface area contributed by atoms with E-state index in [1.165, 1.54) is 7.11 Å². The summed E-state index contributed by atoms with van der Waals surface area (Å²) in [6, 6.07) is 19.2. The predicted octanol–water partition coefficient (Wildman–Crippen LogP) is 6.11. The number of methoxy groups -OCH3 is 3. The molecule has 4 aromatic rings. The fraction of sp³-hybridized carbons (Fsp3) is 0.222. The molecule has 7 nitrogen and oxygen atoms in total. The standard InChI is InChI=1S/C27H24BrNO6S/c1-31-21-11-9-17-12-19(16-8-10-20-22(13-16)35-15-34-20)29(27(30)25(17)26(21)33-3)24(32-2)14-36-23-7-5-4-6-18(23)28/h4-13,24H,14-15H2,1-3H3. The van der Waals surface area contributed by atoms with Crippen LogP contribution in [0.1, 0.15) is 6.23 Å². The van der Waals surface area contributed by atoms with Crippen LogP contribution in [0.2, 0.25) is 0 Å². The molecule has 1 atom stereocenters. The van der Waals surface area contributed by atoms with Gasteiger partial charge in [-0.25, -0.2) is 0 Å². The predicted molar refractivity (Wildman–Crippen MR) is 144 cm³/mol. The van der Waals surface area contributed by atoms with Gasteiger partial charge in [0.2, 0.25) is 6.79 Å². The Morgan fingerprint density at radius 2 is 1.81 bits per heavy atom. The molecule has 1 aliphatic heterocycles. The van der Waals surface area contributed by atoms with Crippen molar-refractivity contribution in [2.24, 2.45) is 0 Å². The van der Waals surface area contributed by atoms with E-state index in [-0.39, 0.29) is 12.4 Å². The van der Waals surface area contributed by atoms with Crippen LogP contribution in [0.15, 0.2) is 74.8 Å². The van der Waals surface area contributed by atoms with Crippen molar-refractivity contribution in [3.05, 3.63) is 75.5 Å². The van der Waals surface area contributed by atoms with Gasteiger partial charge in [0.05, 0.1) is 25.3 Å². The molecule has 0 N–H and O–H groups in total. The zero-order valence-corrected chi connectivity index (χ0v) is 22.4. The highest BCUT2D eigenvalue weighted by Gasteiger charge is 2.24.